The molecular formula is C9H16O3. The zero-order chi connectivity index (χ0) is 9.19. The molecule has 1 N–H and O–H groups in total. The summed E-state index contributed by atoms with van der Waals surface area (Å²) in [6.07, 6.45) is 2.37. The Morgan fingerprint density at radius 1 is 1.75 bits per heavy atom. The van der Waals surface area contributed by atoms with E-state index in [-0.39, 0.29) is 5.92 Å². The van der Waals surface area contributed by atoms with Gasteiger partial charge >= 0.3 is 5.97 Å². The Morgan fingerprint density at radius 3 is 2.83 bits per heavy atom. The molecule has 0 heterocycles. The summed E-state index contributed by atoms with van der Waals surface area (Å²) >= 11 is 0. The maximum Gasteiger partial charge on any atom is 0.338 e. The van der Waals surface area contributed by atoms with Gasteiger partial charge in [-0.3, -0.25) is 0 Å². The van der Waals surface area contributed by atoms with Crippen molar-refractivity contribution in [3.05, 3.63) is 0 Å². The number of esters is 1. The molecule has 0 aromatic rings. The highest BCUT2D eigenvalue weighted by Gasteiger charge is 2.46. The molecule has 1 aliphatic carbocycles. The first-order valence-electron chi connectivity index (χ1n) is 4.51. The summed E-state index contributed by atoms with van der Waals surface area (Å²) in [5.41, 5.74) is -1.20. The highest BCUT2D eigenvalue weighted by atomic mass is 16.5. The third-order valence-electron chi connectivity index (χ3n) is 2.64. The van der Waals surface area contributed by atoms with E-state index in [4.69, 9.17) is 4.74 Å². The van der Waals surface area contributed by atoms with E-state index in [1.807, 2.05) is 6.92 Å². The zero-order valence-corrected chi connectivity index (χ0v) is 7.67. The molecule has 0 aromatic heterocycles. The van der Waals surface area contributed by atoms with Crippen LogP contribution in [0.15, 0.2) is 0 Å². The van der Waals surface area contributed by atoms with Crippen LogP contribution >= 0.6 is 0 Å². The normalized spacial score (nSPS) is 35.1. The van der Waals surface area contributed by atoms with Gasteiger partial charge in [0.2, 0.25) is 0 Å². The van der Waals surface area contributed by atoms with Gasteiger partial charge in [0.1, 0.15) is 0 Å². The average molecular weight is 172 g/mol. The van der Waals surface area contributed by atoms with Crippen molar-refractivity contribution in [2.75, 3.05) is 6.61 Å². The fourth-order valence-electron chi connectivity index (χ4n) is 1.72. The van der Waals surface area contributed by atoms with Crippen LogP contribution in [0, 0.1) is 5.92 Å². The maximum atomic E-state index is 11.3. The Hall–Kier alpha value is -0.570. The first kappa shape index (κ1) is 9.52. The van der Waals surface area contributed by atoms with Crippen molar-refractivity contribution >= 4 is 5.97 Å². The van der Waals surface area contributed by atoms with E-state index in [9.17, 15) is 9.90 Å². The second-order valence-electron chi connectivity index (χ2n) is 3.44. The van der Waals surface area contributed by atoms with Gasteiger partial charge in [-0.15, -0.1) is 0 Å². The molecule has 1 aliphatic rings. The summed E-state index contributed by atoms with van der Waals surface area (Å²) in [6.45, 7) is 3.98. The minimum Gasteiger partial charge on any atom is -0.464 e. The van der Waals surface area contributed by atoms with E-state index in [0.29, 0.717) is 13.0 Å². The van der Waals surface area contributed by atoms with Crippen molar-refractivity contribution in [1.29, 1.82) is 0 Å². The van der Waals surface area contributed by atoms with Crippen LogP contribution in [0.2, 0.25) is 0 Å². The topological polar surface area (TPSA) is 46.5 Å². The van der Waals surface area contributed by atoms with Crippen molar-refractivity contribution in [3.8, 4) is 0 Å². The SMILES string of the molecule is CCOC(=O)[C@]1(O)CCC[C@H]1C. The lowest BCUT2D eigenvalue weighted by Gasteiger charge is -2.24. The monoisotopic (exact) mass is 172 g/mol. The summed E-state index contributed by atoms with van der Waals surface area (Å²) in [5, 5.41) is 9.88. The Morgan fingerprint density at radius 2 is 2.42 bits per heavy atom. The lowest BCUT2D eigenvalue weighted by atomic mass is 9.93. The smallest absolute Gasteiger partial charge is 0.338 e. The van der Waals surface area contributed by atoms with Gasteiger partial charge in [0, 0.05) is 0 Å². The highest BCUT2D eigenvalue weighted by molar-refractivity contribution is 5.80. The minimum atomic E-state index is -1.20. The van der Waals surface area contributed by atoms with Crippen LogP contribution in [0.4, 0.5) is 0 Å². The van der Waals surface area contributed by atoms with Crippen LogP contribution in [-0.2, 0) is 9.53 Å². The van der Waals surface area contributed by atoms with E-state index in [1.165, 1.54) is 0 Å². The van der Waals surface area contributed by atoms with E-state index >= 15 is 0 Å². The van der Waals surface area contributed by atoms with Crippen LogP contribution in [-0.4, -0.2) is 23.3 Å². The van der Waals surface area contributed by atoms with Crippen LogP contribution in [0.5, 0.6) is 0 Å². The van der Waals surface area contributed by atoms with Gasteiger partial charge in [0.15, 0.2) is 5.60 Å². The second kappa shape index (κ2) is 3.44. The third kappa shape index (κ3) is 1.46. The van der Waals surface area contributed by atoms with Crippen molar-refractivity contribution in [2.45, 2.75) is 38.7 Å². The quantitative estimate of drug-likeness (QED) is 0.634. The molecule has 0 aromatic carbocycles. The maximum absolute atomic E-state index is 11.3. The second-order valence-corrected chi connectivity index (χ2v) is 3.44. The van der Waals surface area contributed by atoms with Gasteiger partial charge < -0.3 is 9.84 Å². The van der Waals surface area contributed by atoms with E-state index in [1.54, 1.807) is 6.92 Å². The third-order valence-corrected chi connectivity index (χ3v) is 2.64. The Balaban J connectivity index is 2.63. The highest BCUT2D eigenvalue weighted by Crippen LogP contribution is 2.36. The first-order chi connectivity index (χ1) is 5.61. The average Bonchev–Trinajstić information content (AvgIpc) is 2.34. The number of carbonyl (C=O) groups is 1. The van der Waals surface area contributed by atoms with Crippen molar-refractivity contribution < 1.29 is 14.6 Å². The summed E-state index contributed by atoms with van der Waals surface area (Å²) in [5.74, 6) is -0.411. The number of hydrogen-bond acceptors (Lipinski definition) is 3. The van der Waals surface area contributed by atoms with Crippen LogP contribution < -0.4 is 0 Å². The van der Waals surface area contributed by atoms with Gasteiger partial charge in [0.25, 0.3) is 0 Å². The van der Waals surface area contributed by atoms with Crippen LogP contribution in [0.1, 0.15) is 33.1 Å². The number of rotatable bonds is 2. The molecule has 0 aliphatic heterocycles. The number of carbonyl (C=O) groups excluding carboxylic acids is 1. The molecule has 70 valence electrons. The molecule has 3 heteroatoms. The molecule has 0 amide bonds. The molecular weight excluding hydrogens is 156 g/mol. The van der Waals surface area contributed by atoms with Crippen molar-refractivity contribution in [2.24, 2.45) is 5.92 Å². The lowest BCUT2D eigenvalue weighted by molar-refractivity contribution is -0.168. The molecule has 2 atom stereocenters. The first-order valence-corrected chi connectivity index (χ1v) is 4.51. The molecule has 12 heavy (non-hydrogen) atoms. The standard InChI is InChI=1S/C9H16O3/c1-3-12-8(10)9(11)6-4-5-7(9)2/h7,11H,3-6H2,1-2H3/t7-,9+/m1/s1. The Bertz CT molecular complexity index is 179. The molecule has 0 saturated heterocycles. The zero-order valence-electron chi connectivity index (χ0n) is 7.67. The molecule has 0 spiro atoms. The van der Waals surface area contributed by atoms with Gasteiger partial charge in [-0.2, -0.15) is 0 Å². The van der Waals surface area contributed by atoms with Gasteiger partial charge in [-0.05, 0) is 32.1 Å². The van der Waals surface area contributed by atoms with E-state index < -0.39 is 11.6 Å². The summed E-state index contributed by atoms with van der Waals surface area (Å²) < 4.78 is 4.81. The predicted molar refractivity (Wildman–Crippen MR) is 44.6 cm³/mol. The number of hydrogen-bond donors (Lipinski definition) is 1. The summed E-state index contributed by atoms with van der Waals surface area (Å²) in [7, 11) is 0. The van der Waals surface area contributed by atoms with Crippen molar-refractivity contribution in [3.63, 3.8) is 0 Å². The van der Waals surface area contributed by atoms with Gasteiger partial charge in [0.05, 0.1) is 6.61 Å². The molecule has 0 unspecified atom stereocenters. The van der Waals surface area contributed by atoms with Crippen molar-refractivity contribution in [1.82, 2.24) is 0 Å². The molecule has 1 fully saturated rings. The number of aliphatic hydroxyl groups is 1. The molecule has 1 saturated carbocycles. The fraction of sp³-hybridized carbons (Fsp3) is 0.889. The van der Waals surface area contributed by atoms with Gasteiger partial charge in [-0.25, -0.2) is 4.79 Å². The van der Waals surface area contributed by atoms with E-state index in [0.717, 1.165) is 12.8 Å². The van der Waals surface area contributed by atoms with Crippen LogP contribution in [0.25, 0.3) is 0 Å². The van der Waals surface area contributed by atoms with Crippen LogP contribution in [0.3, 0.4) is 0 Å². The summed E-state index contributed by atoms with van der Waals surface area (Å²) in [6, 6.07) is 0. The predicted octanol–water partition coefficient (Wildman–Crippen LogP) is 1.10. The van der Waals surface area contributed by atoms with Gasteiger partial charge in [-0.1, -0.05) is 6.92 Å². The Kier molecular flexibility index (Phi) is 2.73. The molecule has 3 nitrogen and oxygen atoms in total. The Labute approximate surface area is 72.7 Å². The molecule has 0 radical (unpaired) electrons. The number of ether oxygens (including phenoxy) is 1. The minimum absolute atomic E-state index is 0.0385. The molecule has 0 bridgehead atoms. The largest absolute Gasteiger partial charge is 0.464 e. The fourth-order valence-corrected chi connectivity index (χ4v) is 1.72. The molecule has 1 rings (SSSR count). The van der Waals surface area contributed by atoms with E-state index in [2.05, 4.69) is 0 Å². The summed E-state index contributed by atoms with van der Waals surface area (Å²) in [4.78, 5) is 11.3. The lowest BCUT2D eigenvalue weighted by Crippen LogP contribution is -2.42.